The summed E-state index contributed by atoms with van der Waals surface area (Å²) >= 11 is -0.441. The number of fused-ring (bicyclic) bond motifs is 2. The second-order valence-corrected chi connectivity index (χ2v) is 10.3. The molecule has 0 radical (unpaired) electrons. The predicted molar refractivity (Wildman–Crippen MR) is 111 cm³/mol. The van der Waals surface area contributed by atoms with Gasteiger partial charge in [0.05, 0.1) is 16.6 Å². The standard InChI is InChI=1S/C19H16F3N5OS2/c1-27-8-10-5-9(7-24-16(10)26-27)13-6-12(19(20,21)22)14-15(23)18(29-17(14)25-13)30(28)11-3-2-4-11/h5-8,11H,2-4,23H2,1H3/t30-/m0/s1. The Hall–Kier alpha value is -2.37. The first-order valence-corrected chi connectivity index (χ1v) is 11.3. The Bertz CT molecular complexity index is 1280. The van der Waals surface area contributed by atoms with Gasteiger partial charge in [-0.25, -0.2) is 9.97 Å². The molecule has 1 saturated carbocycles. The van der Waals surface area contributed by atoms with Gasteiger partial charge in [0.15, 0.2) is 5.65 Å². The van der Waals surface area contributed by atoms with Crippen LogP contribution >= 0.6 is 11.3 Å². The highest BCUT2D eigenvalue weighted by Gasteiger charge is 2.39. The third-order valence-corrected chi connectivity index (χ3v) is 8.58. The van der Waals surface area contributed by atoms with E-state index in [-0.39, 0.29) is 31.1 Å². The molecule has 0 bridgehead atoms. The van der Waals surface area contributed by atoms with Crippen LogP contribution in [0.3, 0.4) is 0 Å². The quantitative estimate of drug-likeness (QED) is 0.463. The number of aryl methyl sites for hydroxylation is 1. The second kappa shape index (κ2) is 6.82. The van der Waals surface area contributed by atoms with Gasteiger partial charge in [-0.2, -0.15) is 18.3 Å². The maximum atomic E-state index is 13.9. The van der Waals surface area contributed by atoms with Crippen LogP contribution in [0.2, 0.25) is 0 Å². The molecule has 5 rings (SSSR count). The largest absolute Gasteiger partial charge is 0.611 e. The molecule has 1 aliphatic carbocycles. The number of anilines is 1. The number of pyridine rings is 2. The smallest absolute Gasteiger partial charge is 0.417 e. The third-order valence-electron chi connectivity index (χ3n) is 5.28. The molecule has 1 aliphatic rings. The lowest BCUT2D eigenvalue weighted by Crippen LogP contribution is -2.28. The highest BCUT2D eigenvalue weighted by Crippen LogP contribution is 2.47. The molecule has 156 valence electrons. The summed E-state index contributed by atoms with van der Waals surface area (Å²) in [6.07, 6.45) is 1.11. The average molecular weight is 451 g/mol. The Morgan fingerprint density at radius 1 is 1.30 bits per heavy atom. The molecule has 1 atom stereocenters. The SMILES string of the molecule is Cn1cc2cc(-c3cc(C(F)(F)F)c4c(N)c([S@@+]([O-])C5CCC5)sc4n3)cnc2n1. The lowest BCUT2D eigenvalue weighted by atomic mass is 10.0. The lowest BCUT2D eigenvalue weighted by Gasteiger charge is -2.27. The Morgan fingerprint density at radius 2 is 2.07 bits per heavy atom. The number of hydrogen-bond acceptors (Lipinski definition) is 6. The number of nitrogen functional groups attached to an aromatic ring is 1. The van der Waals surface area contributed by atoms with Gasteiger partial charge in [0.1, 0.15) is 15.8 Å². The van der Waals surface area contributed by atoms with Crippen molar-refractivity contribution in [3.05, 3.63) is 30.1 Å². The first kappa shape index (κ1) is 19.6. The van der Waals surface area contributed by atoms with E-state index in [0.29, 0.717) is 16.6 Å². The van der Waals surface area contributed by atoms with Crippen molar-refractivity contribution in [2.45, 2.75) is 34.9 Å². The van der Waals surface area contributed by atoms with Crippen molar-refractivity contribution in [3.8, 4) is 11.3 Å². The van der Waals surface area contributed by atoms with E-state index in [9.17, 15) is 17.7 Å². The van der Waals surface area contributed by atoms with Gasteiger partial charge < -0.3 is 10.3 Å². The van der Waals surface area contributed by atoms with Gasteiger partial charge in [-0.15, -0.1) is 0 Å². The maximum Gasteiger partial charge on any atom is 0.417 e. The molecule has 11 heteroatoms. The van der Waals surface area contributed by atoms with Crippen LogP contribution in [-0.4, -0.2) is 29.6 Å². The molecule has 6 nitrogen and oxygen atoms in total. The zero-order chi connectivity index (χ0) is 21.2. The molecular weight excluding hydrogens is 435 g/mol. The Kier molecular flexibility index (Phi) is 4.46. The van der Waals surface area contributed by atoms with Crippen LogP contribution in [0.15, 0.2) is 28.7 Å². The Balaban J connectivity index is 1.71. The fraction of sp³-hybridized carbons (Fsp3) is 0.316. The Labute approximate surface area is 176 Å². The van der Waals surface area contributed by atoms with E-state index in [1.54, 1.807) is 24.0 Å². The molecule has 30 heavy (non-hydrogen) atoms. The molecule has 0 aromatic carbocycles. The molecular formula is C19H16F3N5OS2. The summed E-state index contributed by atoms with van der Waals surface area (Å²) in [7, 11) is 1.74. The van der Waals surface area contributed by atoms with Gasteiger partial charge in [0, 0.05) is 41.6 Å². The predicted octanol–water partition coefficient (Wildman–Crippen LogP) is 4.51. The number of halogens is 3. The van der Waals surface area contributed by atoms with Crippen LogP contribution in [0.25, 0.3) is 32.5 Å². The van der Waals surface area contributed by atoms with Gasteiger partial charge in [-0.1, -0.05) is 11.3 Å². The number of alkyl halides is 3. The van der Waals surface area contributed by atoms with E-state index in [4.69, 9.17) is 5.73 Å². The number of rotatable bonds is 3. The maximum absolute atomic E-state index is 13.9. The van der Waals surface area contributed by atoms with Gasteiger partial charge in [-0.3, -0.25) is 4.68 Å². The molecule has 0 aliphatic heterocycles. The van der Waals surface area contributed by atoms with Crippen LogP contribution in [0.4, 0.5) is 18.9 Å². The third kappa shape index (κ3) is 3.12. The number of hydrogen-bond donors (Lipinski definition) is 1. The number of nitrogens with zero attached hydrogens (tertiary/aromatic N) is 4. The summed E-state index contributed by atoms with van der Waals surface area (Å²) in [6.45, 7) is 0. The molecule has 4 aromatic rings. The van der Waals surface area contributed by atoms with Crippen molar-refractivity contribution in [1.29, 1.82) is 0 Å². The summed E-state index contributed by atoms with van der Waals surface area (Å²) in [6, 6.07) is 2.69. The van der Waals surface area contributed by atoms with Crippen molar-refractivity contribution in [2.75, 3.05) is 5.73 Å². The molecule has 0 spiro atoms. The summed E-state index contributed by atoms with van der Waals surface area (Å²) < 4.78 is 56.4. The minimum Gasteiger partial charge on any atom is -0.611 e. The summed E-state index contributed by atoms with van der Waals surface area (Å²) in [4.78, 5) is 8.79. The minimum absolute atomic E-state index is 0.0497. The topological polar surface area (TPSA) is 92.7 Å². The number of thiophene rings is 1. The fourth-order valence-corrected chi connectivity index (χ4v) is 6.74. The molecule has 1 fully saturated rings. The zero-order valence-electron chi connectivity index (χ0n) is 15.7. The van der Waals surface area contributed by atoms with Crippen molar-refractivity contribution in [3.63, 3.8) is 0 Å². The highest BCUT2D eigenvalue weighted by atomic mass is 32.2. The molecule has 0 saturated heterocycles. The van der Waals surface area contributed by atoms with Gasteiger partial charge in [-0.05, 0) is 31.4 Å². The van der Waals surface area contributed by atoms with Crippen LogP contribution < -0.4 is 5.73 Å². The first-order chi connectivity index (χ1) is 14.2. The summed E-state index contributed by atoms with van der Waals surface area (Å²) in [5.74, 6) is 0. The van der Waals surface area contributed by atoms with E-state index < -0.39 is 22.9 Å². The normalized spacial score (nSPS) is 16.3. The molecule has 4 heterocycles. The number of aromatic nitrogens is 4. The second-order valence-electron chi connectivity index (χ2n) is 7.33. The van der Waals surface area contributed by atoms with Crippen LogP contribution in [0, 0.1) is 0 Å². The van der Waals surface area contributed by atoms with E-state index in [0.717, 1.165) is 36.7 Å². The molecule has 0 amide bonds. The van der Waals surface area contributed by atoms with Crippen LogP contribution in [0.1, 0.15) is 24.8 Å². The lowest BCUT2D eigenvalue weighted by molar-refractivity contribution is -0.136. The van der Waals surface area contributed by atoms with E-state index in [1.807, 2.05) is 0 Å². The average Bonchev–Trinajstić information content (AvgIpc) is 3.17. The zero-order valence-corrected chi connectivity index (χ0v) is 17.4. The van der Waals surface area contributed by atoms with Crippen molar-refractivity contribution in [2.24, 2.45) is 7.05 Å². The van der Waals surface area contributed by atoms with Gasteiger partial charge in [0.2, 0.25) is 4.21 Å². The molecule has 2 N–H and O–H groups in total. The van der Waals surface area contributed by atoms with Crippen LogP contribution in [-0.2, 0) is 24.4 Å². The Morgan fingerprint density at radius 3 is 2.73 bits per heavy atom. The monoisotopic (exact) mass is 451 g/mol. The van der Waals surface area contributed by atoms with Crippen molar-refractivity contribution >= 4 is 49.5 Å². The van der Waals surface area contributed by atoms with Gasteiger partial charge >= 0.3 is 6.18 Å². The summed E-state index contributed by atoms with van der Waals surface area (Å²) in [5, 5.41) is 4.65. The number of nitrogens with two attached hydrogens (primary N) is 1. The molecule has 4 aromatic heterocycles. The molecule has 0 unspecified atom stereocenters. The fourth-order valence-electron chi connectivity index (χ4n) is 3.53. The van der Waals surface area contributed by atoms with Crippen molar-refractivity contribution in [1.82, 2.24) is 19.7 Å². The van der Waals surface area contributed by atoms with E-state index in [2.05, 4.69) is 15.1 Å². The van der Waals surface area contributed by atoms with Crippen molar-refractivity contribution < 1.29 is 17.7 Å². The highest BCUT2D eigenvalue weighted by molar-refractivity contribution is 7.94. The summed E-state index contributed by atoms with van der Waals surface area (Å²) in [5.41, 5.74) is 6.19. The van der Waals surface area contributed by atoms with E-state index in [1.165, 1.54) is 6.20 Å². The first-order valence-electron chi connectivity index (χ1n) is 9.23. The van der Waals surface area contributed by atoms with Gasteiger partial charge in [0.25, 0.3) is 0 Å². The van der Waals surface area contributed by atoms with E-state index >= 15 is 0 Å². The van der Waals surface area contributed by atoms with Crippen LogP contribution in [0.5, 0.6) is 0 Å². The minimum atomic E-state index is -4.63.